The number of aliphatic imine (C=N–C) groups is 1. The number of nitrogens with zero attached hydrogens (tertiary/aromatic N) is 3. The maximum absolute atomic E-state index is 5.08. The Morgan fingerprint density at radius 3 is 1.33 bits per heavy atom. The fraction of sp³-hybridized carbons (Fsp3) is 0.615. The Kier molecular flexibility index (Phi) is 21.0. The molecule has 4 nitrogen and oxygen atoms in total. The van der Waals surface area contributed by atoms with Crippen LogP contribution in [-0.4, -0.2) is 73.1 Å². The molecule has 1 saturated heterocycles. The molecule has 0 aromatic heterocycles. The molecule has 1 heterocycles. The summed E-state index contributed by atoms with van der Waals surface area (Å²) < 4.78 is 9.76. The van der Waals surface area contributed by atoms with Gasteiger partial charge in [0.1, 0.15) is 0 Å². The van der Waals surface area contributed by atoms with Crippen molar-refractivity contribution in [3.63, 3.8) is 0 Å². The number of hydrogen-bond acceptors (Lipinski definition) is 2. The van der Waals surface area contributed by atoms with Gasteiger partial charge in [0.25, 0.3) is 0 Å². The smallest absolute Gasteiger partial charge is 0.668 e. The fourth-order valence-corrected chi connectivity index (χ4v) is 13.6. The summed E-state index contributed by atoms with van der Waals surface area (Å²) >= 11 is 0. The SMILES string of the molecule is C1CCOC1.CC(/C=C(/C)[N-]c1c(C(C)C)cccc1C(C)C)=Nc1c(C(C)C)cccc1C(C)C.C[Si](C)(C)[N-][Si](C)(C)C.[Ca+2]. The Morgan fingerprint density at radius 1 is 0.674 bits per heavy atom. The van der Waals surface area contributed by atoms with Crippen LogP contribution in [0.3, 0.4) is 0 Å². The van der Waals surface area contributed by atoms with Gasteiger partial charge in [-0.2, -0.15) is 5.70 Å². The first kappa shape index (κ1) is 45.3. The van der Waals surface area contributed by atoms with Crippen LogP contribution in [0.2, 0.25) is 39.3 Å². The van der Waals surface area contributed by atoms with Crippen molar-refractivity contribution in [2.75, 3.05) is 13.2 Å². The standard InChI is InChI=1S/C29H41N2.C6H18NSi2.C4H8O.Ca/c1-18(2)24-13-11-14-25(19(3)4)28(24)30-22(9)17-23(10)31-29-26(20(5)6)15-12-16-27(29)21(7)8;1-8(2,3)7-9(4,5)6;1-2-4-5-3-1;/h11-21H,1-10H3;1-6H3;1-4H2;/q2*-1;;+2/b22-17-,31-23?;;;. The second-order valence-corrected chi connectivity index (χ2v) is 25.2. The largest absolute Gasteiger partial charge is 2.00 e. The van der Waals surface area contributed by atoms with Crippen LogP contribution < -0.4 is 0 Å². The number of ether oxygens (including phenoxy) is 1. The molecule has 1 fully saturated rings. The van der Waals surface area contributed by atoms with Crippen molar-refractivity contribution in [1.82, 2.24) is 0 Å². The van der Waals surface area contributed by atoms with Crippen LogP contribution in [0.15, 0.2) is 53.2 Å². The van der Waals surface area contributed by atoms with Crippen LogP contribution in [0.1, 0.15) is 128 Å². The van der Waals surface area contributed by atoms with Crippen LogP contribution in [0.5, 0.6) is 0 Å². The van der Waals surface area contributed by atoms with E-state index in [1.165, 1.54) is 35.1 Å². The molecular formula is C39H67CaN3OSi2. The first-order valence-corrected chi connectivity index (χ1v) is 24.2. The normalized spacial score (nSPS) is 14.2. The zero-order chi connectivity index (χ0) is 34.5. The van der Waals surface area contributed by atoms with E-state index in [9.17, 15) is 0 Å². The number of para-hydroxylation sites is 2. The Morgan fingerprint density at radius 2 is 1.04 bits per heavy atom. The van der Waals surface area contributed by atoms with Crippen LogP contribution in [0, 0.1) is 0 Å². The predicted octanol–water partition coefficient (Wildman–Crippen LogP) is 13.3. The average molecular weight is 690 g/mol. The van der Waals surface area contributed by atoms with E-state index in [0.29, 0.717) is 23.7 Å². The van der Waals surface area contributed by atoms with Gasteiger partial charge < -0.3 is 14.7 Å². The first-order chi connectivity index (χ1) is 20.7. The van der Waals surface area contributed by atoms with E-state index in [1.54, 1.807) is 0 Å². The summed E-state index contributed by atoms with van der Waals surface area (Å²) in [7, 11) is -2.21. The van der Waals surface area contributed by atoms with E-state index in [0.717, 1.165) is 36.0 Å². The fourth-order valence-electron chi connectivity index (χ4n) is 5.52. The molecule has 1 aliphatic heterocycles. The van der Waals surface area contributed by atoms with Gasteiger partial charge in [-0.15, -0.1) is 5.69 Å². The van der Waals surface area contributed by atoms with E-state index in [4.69, 9.17) is 19.7 Å². The summed E-state index contributed by atoms with van der Waals surface area (Å²) in [5.41, 5.74) is 9.45. The Labute approximate surface area is 317 Å². The molecule has 0 atom stereocenters. The molecule has 46 heavy (non-hydrogen) atoms. The van der Waals surface area contributed by atoms with Crippen LogP contribution in [0.25, 0.3) is 9.96 Å². The molecular weight excluding hydrogens is 623 g/mol. The number of rotatable bonds is 10. The Hall–Kier alpha value is -0.736. The predicted molar refractivity (Wildman–Crippen MR) is 215 cm³/mol. The van der Waals surface area contributed by atoms with E-state index in [-0.39, 0.29) is 37.7 Å². The molecule has 0 unspecified atom stereocenters. The van der Waals surface area contributed by atoms with Gasteiger partial charge in [0.2, 0.25) is 0 Å². The van der Waals surface area contributed by atoms with Crippen molar-refractivity contribution in [2.24, 2.45) is 4.99 Å². The molecule has 0 saturated carbocycles. The second-order valence-electron chi connectivity index (χ2n) is 15.6. The molecule has 0 bridgehead atoms. The van der Waals surface area contributed by atoms with E-state index in [2.05, 4.69) is 151 Å². The van der Waals surface area contributed by atoms with Crippen molar-refractivity contribution >= 4 is 71.3 Å². The van der Waals surface area contributed by atoms with Crippen molar-refractivity contribution in [1.29, 1.82) is 0 Å². The second kappa shape index (κ2) is 21.4. The molecule has 0 spiro atoms. The molecule has 1 aliphatic rings. The van der Waals surface area contributed by atoms with Gasteiger partial charge in [0.05, 0.1) is 5.69 Å². The minimum Gasteiger partial charge on any atom is -0.668 e. The average Bonchev–Trinajstić information content (AvgIpc) is 3.47. The number of benzene rings is 2. The third-order valence-electron chi connectivity index (χ3n) is 7.18. The first-order valence-electron chi connectivity index (χ1n) is 17.3. The summed E-state index contributed by atoms with van der Waals surface area (Å²) in [4.78, 5) is 5.08. The topological polar surface area (TPSA) is 49.8 Å². The molecule has 0 amide bonds. The monoisotopic (exact) mass is 689 g/mol. The van der Waals surface area contributed by atoms with E-state index >= 15 is 0 Å². The molecule has 0 radical (unpaired) electrons. The number of allylic oxidation sites excluding steroid dienone is 2. The van der Waals surface area contributed by atoms with E-state index in [1.807, 2.05) is 0 Å². The molecule has 254 valence electrons. The van der Waals surface area contributed by atoms with Crippen molar-refractivity contribution in [2.45, 2.75) is 145 Å². The summed E-state index contributed by atoms with van der Waals surface area (Å²) in [6.07, 6.45) is 4.67. The van der Waals surface area contributed by atoms with Gasteiger partial charge in [0.15, 0.2) is 0 Å². The third-order valence-corrected chi connectivity index (χ3v) is 12.5. The van der Waals surface area contributed by atoms with Crippen molar-refractivity contribution < 1.29 is 4.74 Å². The van der Waals surface area contributed by atoms with Crippen molar-refractivity contribution in [3.05, 3.63) is 80.4 Å². The molecule has 2 aromatic rings. The van der Waals surface area contributed by atoms with Crippen LogP contribution in [0.4, 0.5) is 11.4 Å². The van der Waals surface area contributed by atoms with Gasteiger partial charge >= 0.3 is 37.7 Å². The van der Waals surface area contributed by atoms with Crippen LogP contribution in [-0.2, 0) is 4.74 Å². The molecule has 0 aliphatic carbocycles. The summed E-state index contributed by atoms with van der Waals surface area (Å²) in [5, 5.41) is 5.08. The molecule has 0 N–H and O–H groups in total. The zero-order valence-corrected chi connectivity index (χ0v) is 36.8. The zero-order valence-electron chi connectivity index (χ0n) is 32.6. The summed E-state index contributed by atoms with van der Waals surface area (Å²) in [5.74, 6) is 1.75. The maximum atomic E-state index is 5.08. The van der Waals surface area contributed by atoms with Gasteiger partial charge in [-0.3, -0.25) is 4.99 Å². The summed E-state index contributed by atoms with van der Waals surface area (Å²) in [6, 6.07) is 13.1. The minimum absolute atomic E-state index is 0. The maximum Gasteiger partial charge on any atom is 2.00 e. The Balaban J connectivity index is 0.00000111. The van der Waals surface area contributed by atoms with E-state index < -0.39 is 16.5 Å². The molecule has 2 aromatic carbocycles. The van der Waals surface area contributed by atoms with Gasteiger partial charge in [-0.1, -0.05) is 172 Å². The summed E-state index contributed by atoms with van der Waals surface area (Å²) in [6.45, 7) is 37.8. The molecule has 7 heteroatoms. The van der Waals surface area contributed by atoms with Gasteiger partial charge in [-0.25, -0.2) is 0 Å². The van der Waals surface area contributed by atoms with Crippen LogP contribution >= 0.6 is 0 Å². The van der Waals surface area contributed by atoms with Gasteiger partial charge in [-0.05, 0) is 54.6 Å². The quantitative estimate of drug-likeness (QED) is 0.181. The minimum atomic E-state index is -1.11. The molecule has 3 rings (SSSR count). The van der Waals surface area contributed by atoms with Crippen molar-refractivity contribution in [3.8, 4) is 0 Å². The third kappa shape index (κ3) is 17.6. The number of hydrogen-bond donors (Lipinski definition) is 0. The van der Waals surface area contributed by atoms with Gasteiger partial charge in [0, 0.05) is 18.9 Å². The Bertz CT molecular complexity index is 1160.